The molecule has 1 fully saturated rings. The first-order chi connectivity index (χ1) is 10.3. The largest absolute Gasteiger partial charge is 0.392 e. The average molecular weight is 284 g/mol. The molecule has 0 aliphatic heterocycles. The summed E-state index contributed by atoms with van der Waals surface area (Å²) in [5.41, 5.74) is 2.16. The molecule has 21 heavy (non-hydrogen) atoms. The standard InChI is InChI=1S/C17H17FN2O/c18-14-10-8-13(9-11-14)17(16-7-3-4-12-19-16)20-21-15-5-1-2-6-15/h3-4,7-12,15H,1-2,5-6H2/b20-17+. The molecule has 1 aromatic heterocycles. The molecule has 0 amide bonds. The van der Waals surface area contributed by atoms with E-state index in [9.17, 15) is 4.39 Å². The van der Waals surface area contributed by atoms with Crippen LogP contribution in [0.4, 0.5) is 4.39 Å². The van der Waals surface area contributed by atoms with Gasteiger partial charge in [-0.2, -0.15) is 0 Å². The Morgan fingerprint density at radius 3 is 2.52 bits per heavy atom. The lowest BCUT2D eigenvalue weighted by Gasteiger charge is -2.10. The smallest absolute Gasteiger partial charge is 0.135 e. The monoisotopic (exact) mass is 284 g/mol. The third kappa shape index (κ3) is 3.45. The second kappa shape index (κ2) is 6.48. The van der Waals surface area contributed by atoms with Gasteiger partial charge in [-0.25, -0.2) is 4.39 Å². The van der Waals surface area contributed by atoms with E-state index in [0.717, 1.165) is 24.1 Å². The van der Waals surface area contributed by atoms with Crippen molar-refractivity contribution < 1.29 is 9.23 Å². The van der Waals surface area contributed by atoms with Gasteiger partial charge >= 0.3 is 0 Å². The lowest BCUT2D eigenvalue weighted by Crippen LogP contribution is -2.10. The number of pyridine rings is 1. The Hall–Kier alpha value is -2.23. The fraction of sp³-hybridized carbons (Fsp3) is 0.294. The molecule has 108 valence electrons. The summed E-state index contributed by atoms with van der Waals surface area (Å²) in [5, 5.41) is 4.31. The minimum Gasteiger partial charge on any atom is -0.392 e. The normalized spacial score (nSPS) is 16.1. The predicted octanol–water partition coefficient (Wildman–Crippen LogP) is 3.93. The zero-order valence-corrected chi connectivity index (χ0v) is 11.7. The van der Waals surface area contributed by atoms with E-state index < -0.39 is 0 Å². The Kier molecular flexibility index (Phi) is 4.24. The van der Waals surface area contributed by atoms with E-state index in [1.807, 2.05) is 18.2 Å². The van der Waals surface area contributed by atoms with E-state index in [4.69, 9.17) is 4.84 Å². The molecular formula is C17H17FN2O. The zero-order valence-electron chi connectivity index (χ0n) is 11.7. The molecule has 1 aliphatic carbocycles. The number of rotatable bonds is 4. The first-order valence-corrected chi connectivity index (χ1v) is 7.24. The Balaban J connectivity index is 1.90. The molecular weight excluding hydrogens is 267 g/mol. The topological polar surface area (TPSA) is 34.5 Å². The van der Waals surface area contributed by atoms with Gasteiger partial charge in [-0.15, -0.1) is 0 Å². The molecule has 0 spiro atoms. The summed E-state index contributed by atoms with van der Waals surface area (Å²) >= 11 is 0. The summed E-state index contributed by atoms with van der Waals surface area (Å²) in [4.78, 5) is 9.98. The molecule has 1 aromatic carbocycles. The van der Waals surface area contributed by atoms with E-state index in [2.05, 4.69) is 10.1 Å². The second-order valence-corrected chi connectivity index (χ2v) is 5.17. The number of nitrogens with zero attached hydrogens (tertiary/aromatic N) is 2. The number of aromatic nitrogens is 1. The lowest BCUT2D eigenvalue weighted by molar-refractivity contribution is 0.0647. The SMILES string of the molecule is Fc1ccc(/C(=N\OC2CCCC2)c2ccccn2)cc1. The first kappa shape index (κ1) is 13.7. The highest BCUT2D eigenvalue weighted by atomic mass is 19.1. The molecule has 1 aliphatic rings. The fourth-order valence-electron chi connectivity index (χ4n) is 2.48. The van der Waals surface area contributed by atoms with Crippen LogP contribution in [0.3, 0.4) is 0 Å². The lowest BCUT2D eigenvalue weighted by atomic mass is 10.1. The van der Waals surface area contributed by atoms with Gasteiger partial charge in [0.2, 0.25) is 0 Å². The van der Waals surface area contributed by atoms with Gasteiger partial charge in [0.05, 0.1) is 5.69 Å². The molecule has 3 rings (SSSR count). The number of oxime groups is 1. The third-order valence-electron chi connectivity index (χ3n) is 3.62. The van der Waals surface area contributed by atoms with E-state index in [1.54, 1.807) is 18.3 Å². The van der Waals surface area contributed by atoms with Crippen LogP contribution in [0.5, 0.6) is 0 Å². The molecule has 0 atom stereocenters. The Morgan fingerprint density at radius 2 is 1.86 bits per heavy atom. The summed E-state index contributed by atoms with van der Waals surface area (Å²) in [5.74, 6) is -0.268. The highest BCUT2D eigenvalue weighted by molar-refractivity contribution is 6.11. The Morgan fingerprint density at radius 1 is 1.10 bits per heavy atom. The number of halogens is 1. The maximum Gasteiger partial charge on any atom is 0.135 e. The van der Waals surface area contributed by atoms with Gasteiger partial charge in [-0.1, -0.05) is 11.2 Å². The number of hydrogen-bond donors (Lipinski definition) is 0. The molecule has 0 radical (unpaired) electrons. The van der Waals surface area contributed by atoms with E-state index in [0.29, 0.717) is 5.71 Å². The van der Waals surface area contributed by atoms with Crippen LogP contribution in [0, 0.1) is 5.82 Å². The van der Waals surface area contributed by atoms with Crippen molar-refractivity contribution in [3.05, 3.63) is 65.7 Å². The summed E-state index contributed by atoms with van der Waals surface area (Å²) in [6.07, 6.45) is 6.37. The van der Waals surface area contributed by atoms with Crippen LogP contribution in [-0.2, 0) is 4.84 Å². The van der Waals surface area contributed by atoms with Gasteiger partial charge in [0, 0.05) is 11.8 Å². The minimum atomic E-state index is -0.268. The van der Waals surface area contributed by atoms with Gasteiger partial charge in [0.25, 0.3) is 0 Å². The number of benzene rings is 1. The van der Waals surface area contributed by atoms with Crippen LogP contribution in [0.25, 0.3) is 0 Å². The van der Waals surface area contributed by atoms with Crippen LogP contribution in [0.1, 0.15) is 36.9 Å². The summed E-state index contributed by atoms with van der Waals surface area (Å²) in [7, 11) is 0. The van der Waals surface area contributed by atoms with Gasteiger partial charge in [0.1, 0.15) is 17.6 Å². The van der Waals surface area contributed by atoms with Crippen molar-refractivity contribution in [2.24, 2.45) is 5.16 Å². The van der Waals surface area contributed by atoms with E-state index in [-0.39, 0.29) is 11.9 Å². The summed E-state index contributed by atoms with van der Waals surface area (Å²) in [6, 6.07) is 11.9. The third-order valence-corrected chi connectivity index (χ3v) is 3.62. The molecule has 3 nitrogen and oxygen atoms in total. The van der Waals surface area contributed by atoms with Crippen molar-refractivity contribution in [1.29, 1.82) is 0 Å². The van der Waals surface area contributed by atoms with Gasteiger partial charge in [-0.3, -0.25) is 4.98 Å². The van der Waals surface area contributed by atoms with Crippen molar-refractivity contribution in [3.8, 4) is 0 Å². The van der Waals surface area contributed by atoms with Crippen LogP contribution in [0.15, 0.2) is 53.8 Å². The first-order valence-electron chi connectivity index (χ1n) is 7.24. The van der Waals surface area contributed by atoms with Gasteiger partial charge in [0.15, 0.2) is 0 Å². The van der Waals surface area contributed by atoms with Crippen molar-refractivity contribution in [3.63, 3.8) is 0 Å². The van der Waals surface area contributed by atoms with Crippen LogP contribution in [0.2, 0.25) is 0 Å². The number of hydrogen-bond acceptors (Lipinski definition) is 3. The zero-order chi connectivity index (χ0) is 14.5. The molecule has 4 heteroatoms. The van der Waals surface area contributed by atoms with E-state index in [1.165, 1.54) is 25.0 Å². The van der Waals surface area contributed by atoms with Gasteiger partial charge in [-0.05, 0) is 62.1 Å². The summed E-state index contributed by atoms with van der Waals surface area (Å²) in [6.45, 7) is 0. The minimum absolute atomic E-state index is 0.184. The molecule has 0 unspecified atom stereocenters. The molecule has 2 aromatic rings. The van der Waals surface area contributed by atoms with Crippen molar-refractivity contribution in [2.45, 2.75) is 31.8 Å². The van der Waals surface area contributed by atoms with Crippen LogP contribution >= 0.6 is 0 Å². The predicted molar refractivity (Wildman–Crippen MR) is 79.6 cm³/mol. The second-order valence-electron chi connectivity index (χ2n) is 5.17. The maximum atomic E-state index is 13.1. The van der Waals surface area contributed by atoms with Gasteiger partial charge < -0.3 is 4.84 Å². The molecule has 0 saturated heterocycles. The maximum absolute atomic E-state index is 13.1. The van der Waals surface area contributed by atoms with Crippen molar-refractivity contribution >= 4 is 5.71 Å². The highest BCUT2D eigenvalue weighted by Crippen LogP contribution is 2.22. The highest BCUT2D eigenvalue weighted by Gasteiger charge is 2.17. The molecule has 1 heterocycles. The van der Waals surface area contributed by atoms with Crippen molar-refractivity contribution in [1.82, 2.24) is 4.98 Å². The quantitative estimate of drug-likeness (QED) is 0.629. The molecule has 0 bridgehead atoms. The Labute approximate surface area is 123 Å². The Bertz CT molecular complexity index is 604. The average Bonchev–Trinajstić information content (AvgIpc) is 3.04. The van der Waals surface area contributed by atoms with Crippen LogP contribution in [-0.4, -0.2) is 16.8 Å². The van der Waals surface area contributed by atoms with Crippen LogP contribution < -0.4 is 0 Å². The van der Waals surface area contributed by atoms with Crippen molar-refractivity contribution in [2.75, 3.05) is 0 Å². The molecule has 0 N–H and O–H groups in total. The fourth-order valence-corrected chi connectivity index (χ4v) is 2.48. The molecule has 1 saturated carbocycles. The van der Waals surface area contributed by atoms with E-state index >= 15 is 0 Å². The summed E-state index contributed by atoms with van der Waals surface area (Å²) < 4.78 is 13.1.